The molecule has 6 rings (SSSR count). The summed E-state index contributed by atoms with van der Waals surface area (Å²) >= 11 is 6.29. The van der Waals surface area contributed by atoms with Crippen LogP contribution in [0, 0.1) is 41.2 Å². The third-order valence-corrected chi connectivity index (χ3v) is 8.44. The number of aromatic nitrogens is 4. The maximum absolute atomic E-state index is 12.9. The molecule has 4 bridgehead atoms. The van der Waals surface area contributed by atoms with Crippen molar-refractivity contribution in [2.45, 2.75) is 77.3 Å². The van der Waals surface area contributed by atoms with Crippen molar-refractivity contribution in [3.8, 4) is 0 Å². The number of hydrogen-bond donors (Lipinski definition) is 1. The molecule has 4 aliphatic carbocycles. The van der Waals surface area contributed by atoms with E-state index in [0.717, 1.165) is 50.8 Å². The first-order valence-electron chi connectivity index (χ1n) is 11.9. The fraction of sp³-hybridized carbons (Fsp3) is 0.696. The fourth-order valence-electron chi connectivity index (χ4n) is 7.36. The molecule has 1 amide bonds. The molecule has 0 saturated heterocycles. The smallest absolute Gasteiger partial charge is 0.358 e. The van der Waals surface area contributed by atoms with Crippen LogP contribution in [0.25, 0.3) is 0 Å². The zero-order chi connectivity index (χ0) is 23.4. The van der Waals surface area contributed by atoms with Crippen LogP contribution in [-0.2, 0) is 16.9 Å². The molecule has 10 heteroatoms. The predicted octanol–water partition coefficient (Wildman–Crippen LogP) is 4.15. The molecule has 33 heavy (non-hydrogen) atoms. The van der Waals surface area contributed by atoms with Crippen LogP contribution in [0.4, 0.5) is 5.82 Å². The highest BCUT2D eigenvalue weighted by atomic mass is 35.5. The van der Waals surface area contributed by atoms with Gasteiger partial charge in [0.15, 0.2) is 5.02 Å². The molecule has 2 aromatic heterocycles. The van der Waals surface area contributed by atoms with Crippen LogP contribution in [-0.4, -0.2) is 36.9 Å². The lowest BCUT2D eigenvalue weighted by atomic mass is 9.46. The van der Waals surface area contributed by atoms with Crippen molar-refractivity contribution < 1.29 is 9.72 Å². The molecule has 4 saturated carbocycles. The minimum absolute atomic E-state index is 0.0626. The van der Waals surface area contributed by atoms with Crippen molar-refractivity contribution in [3.63, 3.8) is 0 Å². The molecule has 9 nitrogen and oxygen atoms in total. The number of nitrogens with one attached hydrogen (secondary N) is 1. The maximum atomic E-state index is 12.9. The molecule has 0 aromatic carbocycles. The highest BCUT2D eigenvalue weighted by molar-refractivity contribution is 6.33. The number of halogens is 1. The van der Waals surface area contributed by atoms with Gasteiger partial charge in [0.05, 0.1) is 22.0 Å². The first-order chi connectivity index (χ1) is 15.7. The summed E-state index contributed by atoms with van der Waals surface area (Å²) in [5, 5.41) is 23.4. The summed E-state index contributed by atoms with van der Waals surface area (Å²) in [6.45, 7) is 5.20. The summed E-state index contributed by atoms with van der Waals surface area (Å²) in [6, 6.07) is 1.98. The summed E-state index contributed by atoms with van der Waals surface area (Å²) in [4.78, 5) is 23.9. The lowest BCUT2D eigenvalue weighted by Gasteiger charge is -2.61. The number of nitrogens with zero attached hydrogens (tertiary/aromatic N) is 5. The van der Waals surface area contributed by atoms with Gasteiger partial charge in [-0.1, -0.05) is 11.6 Å². The van der Waals surface area contributed by atoms with Gasteiger partial charge < -0.3 is 15.4 Å². The van der Waals surface area contributed by atoms with E-state index in [9.17, 15) is 14.9 Å². The molecule has 178 valence electrons. The zero-order valence-corrected chi connectivity index (χ0v) is 20.0. The summed E-state index contributed by atoms with van der Waals surface area (Å²) in [7, 11) is 0. The maximum Gasteiger partial charge on any atom is 0.408 e. The second-order valence-electron chi connectivity index (χ2n) is 10.7. The van der Waals surface area contributed by atoms with Crippen molar-refractivity contribution >= 4 is 23.3 Å². The van der Waals surface area contributed by atoms with Crippen LogP contribution in [0.1, 0.15) is 62.8 Å². The van der Waals surface area contributed by atoms with Crippen LogP contribution >= 0.6 is 11.6 Å². The molecule has 4 aliphatic rings. The van der Waals surface area contributed by atoms with E-state index in [2.05, 4.69) is 15.5 Å². The Hall–Kier alpha value is -2.42. The normalized spacial score (nSPS) is 30.0. The topological polar surface area (TPSA) is 108 Å². The number of amides is 1. The standard InChI is InChI=1S/C23H31ClN6O3/c1-15-4-7-28(26-15)6-3-5-25-19(31)13-22-9-17-8-18(10-22)12-23(11-17,14-22)29-16(2)20(24)21(27-29)30(32)33/h4,7,17-18H,3,5-6,8-14H2,1-2H3,(H,25,31). The Kier molecular flexibility index (Phi) is 5.50. The van der Waals surface area contributed by atoms with E-state index in [1.54, 1.807) is 0 Å². The molecule has 2 aromatic rings. The van der Waals surface area contributed by atoms with E-state index in [4.69, 9.17) is 11.6 Å². The van der Waals surface area contributed by atoms with Gasteiger partial charge in [-0.2, -0.15) is 9.78 Å². The second kappa shape index (κ2) is 8.11. The van der Waals surface area contributed by atoms with Crippen LogP contribution < -0.4 is 5.32 Å². The number of aryl methyl sites for hydroxylation is 2. The van der Waals surface area contributed by atoms with Crippen molar-refractivity contribution in [2.75, 3.05) is 6.54 Å². The van der Waals surface area contributed by atoms with E-state index >= 15 is 0 Å². The van der Waals surface area contributed by atoms with E-state index in [1.807, 2.05) is 35.5 Å². The van der Waals surface area contributed by atoms with E-state index < -0.39 is 4.92 Å². The number of nitro groups is 1. The quantitative estimate of drug-likeness (QED) is 0.351. The minimum Gasteiger partial charge on any atom is -0.358 e. The van der Waals surface area contributed by atoms with Crippen LogP contribution in [0.5, 0.6) is 0 Å². The average molecular weight is 475 g/mol. The molecular weight excluding hydrogens is 444 g/mol. The molecule has 2 unspecified atom stereocenters. The summed E-state index contributed by atoms with van der Waals surface area (Å²) in [5.74, 6) is 0.904. The first-order valence-corrected chi connectivity index (χ1v) is 12.2. The molecule has 2 atom stereocenters. The lowest BCUT2D eigenvalue weighted by molar-refractivity contribution is -0.389. The van der Waals surface area contributed by atoms with Crippen molar-refractivity contribution in [2.24, 2.45) is 17.3 Å². The van der Waals surface area contributed by atoms with Crippen LogP contribution in [0.2, 0.25) is 5.02 Å². The molecule has 1 N–H and O–H groups in total. The Morgan fingerprint density at radius 1 is 1.27 bits per heavy atom. The second-order valence-corrected chi connectivity index (χ2v) is 11.1. The molecule has 0 spiro atoms. The van der Waals surface area contributed by atoms with Gasteiger partial charge in [0.2, 0.25) is 5.91 Å². The number of rotatable bonds is 8. The predicted molar refractivity (Wildman–Crippen MR) is 123 cm³/mol. The van der Waals surface area contributed by atoms with Crippen LogP contribution in [0.3, 0.4) is 0 Å². The first kappa shape index (κ1) is 22.4. The SMILES string of the molecule is Cc1ccn(CCCNC(=O)CC23CC4CC(C2)CC(n2nc([N+](=O)[O-])c(Cl)c2C)(C4)C3)n1. The molecule has 2 heterocycles. The monoisotopic (exact) mass is 474 g/mol. The van der Waals surface area contributed by atoms with Gasteiger partial charge >= 0.3 is 5.82 Å². The molecular formula is C23H31ClN6O3. The van der Waals surface area contributed by atoms with Gasteiger partial charge in [-0.15, -0.1) is 0 Å². The van der Waals surface area contributed by atoms with Crippen molar-refractivity contribution in [1.82, 2.24) is 24.9 Å². The Labute approximate surface area is 198 Å². The molecule has 0 radical (unpaired) electrons. The van der Waals surface area contributed by atoms with Gasteiger partial charge in [-0.3, -0.25) is 9.48 Å². The van der Waals surface area contributed by atoms with E-state index in [0.29, 0.717) is 30.5 Å². The van der Waals surface area contributed by atoms with Crippen molar-refractivity contribution in [1.29, 1.82) is 0 Å². The van der Waals surface area contributed by atoms with E-state index in [-0.39, 0.29) is 27.7 Å². The zero-order valence-electron chi connectivity index (χ0n) is 19.2. The molecule has 0 aliphatic heterocycles. The van der Waals surface area contributed by atoms with Gasteiger partial charge in [0.25, 0.3) is 0 Å². The summed E-state index contributed by atoms with van der Waals surface area (Å²) in [5.41, 5.74) is 1.32. The highest BCUT2D eigenvalue weighted by Crippen LogP contribution is 2.65. The Morgan fingerprint density at radius 2 is 2.00 bits per heavy atom. The molecule has 4 fully saturated rings. The minimum atomic E-state index is -0.500. The van der Waals surface area contributed by atoms with Gasteiger partial charge in [0, 0.05) is 25.7 Å². The number of carbonyl (C=O) groups excluding carboxylic acids is 1. The van der Waals surface area contributed by atoms with E-state index in [1.165, 1.54) is 6.42 Å². The highest BCUT2D eigenvalue weighted by Gasteiger charge is 2.60. The Morgan fingerprint density at radius 3 is 2.61 bits per heavy atom. The fourth-order valence-corrected chi connectivity index (χ4v) is 7.55. The van der Waals surface area contributed by atoms with Crippen LogP contribution in [0.15, 0.2) is 12.3 Å². The lowest BCUT2D eigenvalue weighted by Crippen LogP contribution is -2.58. The van der Waals surface area contributed by atoms with Gasteiger partial charge in [-0.25, -0.2) is 0 Å². The third-order valence-electron chi connectivity index (χ3n) is 8.00. The number of hydrogen-bond acceptors (Lipinski definition) is 5. The van der Waals surface area contributed by atoms with Gasteiger partial charge in [0.1, 0.15) is 0 Å². The summed E-state index contributed by atoms with van der Waals surface area (Å²) in [6.07, 6.45) is 9.37. The summed E-state index contributed by atoms with van der Waals surface area (Å²) < 4.78 is 3.75. The average Bonchev–Trinajstić information content (AvgIpc) is 3.27. The largest absolute Gasteiger partial charge is 0.408 e. The number of carbonyl (C=O) groups is 1. The Balaban J connectivity index is 1.28. The van der Waals surface area contributed by atoms with Crippen molar-refractivity contribution in [3.05, 3.63) is 38.8 Å². The Bertz CT molecular complexity index is 1080. The third kappa shape index (κ3) is 4.05. The van der Waals surface area contributed by atoms with Gasteiger partial charge in [-0.05, 0) is 87.0 Å².